The first kappa shape index (κ1) is 17.9. The molecule has 1 rings (SSSR count). The van der Waals surface area contributed by atoms with E-state index in [0.717, 1.165) is 25.7 Å². The van der Waals surface area contributed by atoms with Crippen LogP contribution in [0.15, 0.2) is 30.3 Å². The zero-order valence-corrected chi connectivity index (χ0v) is 13.2. The molecule has 0 aliphatic heterocycles. The first-order valence-electron chi connectivity index (χ1n) is 7.43. The highest BCUT2D eigenvalue weighted by atomic mass is 16.3. The SMILES string of the molecule is CC.Cc1cccc(/C=C/CCCCC(C)(C)O)c1. The second kappa shape index (κ2) is 9.80. The number of aryl methyl sites for hydroxylation is 1. The Balaban J connectivity index is 0.00000154. The average Bonchev–Trinajstić information content (AvgIpc) is 2.35. The van der Waals surface area contributed by atoms with Gasteiger partial charge in [0.2, 0.25) is 0 Å². The van der Waals surface area contributed by atoms with Gasteiger partial charge in [-0.3, -0.25) is 0 Å². The van der Waals surface area contributed by atoms with Crippen molar-refractivity contribution in [3.8, 4) is 0 Å². The number of rotatable bonds is 6. The van der Waals surface area contributed by atoms with E-state index in [1.165, 1.54) is 11.1 Å². The van der Waals surface area contributed by atoms with Crippen LogP contribution >= 0.6 is 0 Å². The van der Waals surface area contributed by atoms with Gasteiger partial charge in [0.15, 0.2) is 0 Å². The molecule has 0 amide bonds. The predicted octanol–water partition coefficient (Wildman–Crippen LogP) is 5.37. The molecule has 1 nitrogen and oxygen atoms in total. The Kier molecular flexibility index (Phi) is 9.24. The van der Waals surface area contributed by atoms with Crippen molar-refractivity contribution in [1.82, 2.24) is 0 Å². The quantitative estimate of drug-likeness (QED) is 0.684. The van der Waals surface area contributed by atoms with Crippen molar-refractivity contribution in [3.05, 3.63) is 41.5 Å². The molecule has 108 valence electrons. The Morgan fingerprint density at radius 2 is 1.84 bits per heavy atom. The Morgan fingerprint density at radius 3 is 2.42 bits per heavy atom. The van der Waals surface area contributed by atoms with Crippen molar-refractivity contribution in [2.75, 3.05) is 0 Å². The van der Waals surface area contributed by atoms with Crippen LogP contribution < -0.4 is 0 Å². The Morgan fingerprint density at radius 1 is 1.16 bits per heavy atom. The summed E-state index contributed by atoms with van der Waals surface area (Å²) >= 11 is 0. The zero-order chi connectivity index (χ0) is 14.7. The third-order valence-electron chi connectivity index (χ3n) is 2.76. The molecule has 1 heteroatoms. The minimum Gasteiger partial charge on any atom is -0.390 e. The van der Waals surface area contributed by atoms with Crippen molar-refractivity contribution in [2.24, 2.45) is 0 Å². The molecule has 0 saturated heterocycles. The van der Waals surface area contributed by atoms with Crippen LogP contribution in [0.1, 0.15) is 64.5 Å². The third-order valence-corrected chi connectivity index (χ3v) is 2.76. The highest BCUT2D eigenvalue weighted by Crippen LogP contribution is 2.14. The molecule has 0 heterocycles. The van der Waals surface area contributed by atoms with Crippen LogP contribution in [-0.4, -0.2) is 10.7 Å². The first-order valence-corrected chi connectivity index (χ1v) is 7.43. The fourth-order valence-electron chi connectivity index (χ4n) is 1.81. The maximum Gasteiger partial charge on any atom is 0.0591 e. The van der Waals surface area contributed by atoms with Gasteiger partial charge in [-0.15, -0.1) is 0 Å². The molecule has 0 radical (unpaired) electrons. The Bertz CT molecular complexity index is 358. The van der Waals surface area contributed by atoms with Gasteiger partial charge < -0.3 is 5.11 Å². The van der Waals surface area contributed by atoms with E-state index < -0.39 is 5.60 Å². The first-order chi connectivity index (χ1) is 8.97. The number of allylic oxidation sites excluding steroid dienone is 1. The molecule has 1 aromatic rings. The summed E-state index contributed by atoms with van der Waals surface area (Å²) in [4.78, 5) is 0. The van der Waals surface area contributed by atoms with Crippen molar-refractivity contribution >= 4 is 6.08 Å². The summed E-state index contributed by atoms with van der Waals surface area (Å²) in [6.07, 6.45) is 8.60. The summed E-state index contributed by atoms with van der Waals surface area (Å²) in [6.45, 7) is 9.85. The topological polar surface area (TPSA) is 20.2 Å². The van der Waals surface area contributed by atoms with Gasteiger partial charge in [0, 0.05) is 0 Å². The summed E-state index contributed by atoms with van der Waals surface area (Å²) in [7, 11) is 0. The molecule has 1 aromatic carbocycles. The lowest BCUT2D eigenvalue weighted by Crippen LogP contribution is -2.17. The highest BCUT2D eigenvalue weighted by molar-refractivity contribution is 5.49. The molecule has 0 spiro atoms. The van der Waals surface area contributed by atoms with Gasteiger partial charge in [-0.25, -0.2) is 0 Å². The van der Waals surface area contributed by atoms with Crippen LogP contribution in [-0.2, 0) is 0 Å². The standard InChI is InChI=1S/C16H24O.C2H6/c1-14-9-8-11-15(13-14)10-6-4-5-7-12-16(2,3)17;1-2/h6,8-11,13,17H,4-5,7,12H2,1-3H3;1-2H3/b10-6+;. The molecule has 0 aromatic heterocycles. The molecule has 0 aliphatic rings. The molecule has 0 unspecified atom stereocenters. The molecule has 0 fully saturated rings. The van der Waals surface area contributed by atoms with Gasteiger partial charge in [-0.05, 0) is 45.6 Å². The zero-order valence-electron chi connectivity index (χ0n) is 13.2. The van der Waals surface area contributed by atoms with Crippen LogP contribution in [0.5, 0.6) is 0 Å². The van der Waals surface area contributed by atoms with Crippen molar-refractivity contribution < 1.29 is 5.11 Å². The van der Waals surface area contributed by atoms with E-state index in [0.29, 0.717) is 0 Å². The van der Waals surface area contributed by atoms with Crippen molar-refractivity contribution in [3.63, 3.8) is 0 Å². The smallest absolute Gasteiger partial charge is 0.0591 e. The molecule has 0 saturated carbocycles. The minimum atomic E-state index is -0.514. The van der Waals surface area contributed by atoms with Crippen molar-refractivity contribution in [1.29, 1.82) is 0 Å². The number of aliphatic hydroxyl groups is 1. The summed E-state index contributed by atoms with van der Waals surface area (Å²) in [5.41, 5.74) is 2.06. The lowest BCUT2D eigenvalue weighted by molar-refractivity contribution is 0.0683. The minimum absolute atomic E-state index is 0.514. The summed E-state index contributed by atoms with van der Waals surface area (Å²) in [5.74, 6) is 0. The van der Waals surface area contributed by atoms with E-state index in [9.17, 15) is 5.11 Å². The van der Waals surface area contributed by atoms with E-state index in [4.69, 9.17) is 0 Å². The molecule has 0 bridgehead atoms. The maximum atomic E-state index is 9.56. The molecular formula is C18H30O. The van der Waals surface area contributed by atoms with Gasteiger partial charge in [0.1, 0.15) is 0 Å². The van der Waals surface area contributed by atoms with Gasteiger partial charge >= 0.3 is 0 Å². The Labute approximate surface area is 119 Å². The molecule has 19 heavy (non-hydrogen) atoms. The van der Waals surface area contributed by atoms with Crippen LogP contribution in [0.3, 0.4) is 0 Å². The molecular weight excluding hydrogens is 232 g/mol. The number of benzene rings is 1. The Hall–Kier alpha value is -1.08. The van der Waals surface area contributed by atoms with E-state index in [2.05, 4.69) is 43.3 Å². The molecule has 0 aliphatic carbocycles. The summed E-state index contributed by atoms with van der Waals surface area (Å²) in [6, 6.07) is 8.51. The summed E-state index contributed by atoms with van der Waals surface area (Å²) in [5, 5.41) is 9.56. The van der Waals surface area contributed by atoms with Crippen LogP contribution in [0, 0.1) is 6.92 Å². The average molecular weight is 262 g/mol. The lowest BCUT2D eigenvalue weighted by Gasteiger charge is -2.15. The lowest BCUT2D eigenvalue weighted by atomic mass is 10.0. The number of hydrogen-bond acceptors (Lipinski definition) is 1. The van der Waals surface area contributed by atoms with Gasteiger partial charge in [0.05, 0.1) is 5.60 Å². The fourth-order valence-corrected chi connectivity index (χ4v) is 1.81. The maximum absolute atomic E-state index is 9.56. The third kappa shape index (κ3) is 10.5. The van der Waals surface area contributed by atoms with E-state index in [1.54, 1.807) is 0 Å². The molecule has 1 N–H and O–H groups in total. The predicted molar refractivity (Wildman–Crippen MR) is 86.3 cm³/mol. The second-order valence-electron chi connectivity index (χ2n) is 5.37. The fraction of sp³-hybridized carbons (Fsp3) is 0.556. The highest BCUT2D eigenvalue weighted by Gasteiger charge is 2.10. The summed E-state index contributed by atoms with van der Waals surface area (Å²) < 4.78 is 0. The molecule has 0 atom stereocenters. The normalized spacial score (nSPS) is 11.3. The van der Waals surface area contributed by atoms with Crippen molar-refractivity contribution in [2.45, 2.75) is 65.9 Å². The van der Waals surface area contributed by atoms with E-state index >= 15 is 0 Å². The van der Waals surface area contributed by atoms with Crippen LogP contribution in [0.4, 0.5) is 0 Å². The monoisotopic (exact) mass is 262 g/mol. The number of hydrogen-bond donors (Lipinski definition) is 1. The van der Waals surface area contributed by atoms with Crippen LogP contribution in [0.2, 0.25) is 0 Å². The van der Waals surface area contributed by atoms with Gasteiger partial charge in [-0.1, -0.05) is 62.2 Å². The second-order valence-corrected chi connectivity index (χ2v) is 5.37. The van der Waals surface area contributed by atoms with E-state index in [-0.39, 0.29) is 0 Å². The van der Waals surface area contributed by atoms with Gasteiger partial charge in [-0.2, -0.15) is 0 Å². The largest absolute Gasteiger partial charge is 0.390 e. The van der Waals surface area contributed by atoms with Crippen LogP contribution in [0.25, 0.3) is 6.08 Å². The number of unbranched alkanes of at least 4 members (excludes halogenated alkanes) is 2. The van der Waals surface area contributed by atoms with Gasteiger partial charge in [0.25, 0.3) is 0 Å². The van der Waals surface area contributed by atoms with E-state index in [1.807, 2.05) is 27.7 Å².